The van der Waals surface area contributed by atoms with Gasteiger partial charge >= 0.3 is 5.97 Å². The number of carbonyl (C=O) groups excluding carboxylic acids is 4. The lowest BCUT2D eigenvalue weighted by atomic mass is 9.98. The molecule has 0 spiro atoms. The minimum atomic E-state index is -1.60. The van der Waals surface area contributed by atoms with Gasteiger partial charge in [0, 0.05) is 12.8 Å². The van der Waals surface area contributed by atoms with E-state index in [9.17, 15) is 34.2 Å². The van der Waals surface area contributed by atoms with Crippen molar-refractivity contribution in [3.8, 4) is 5.75 Å². The standard InChI is InChI=1S/C28H37N5O7/c1-3-16(2)24(30)27(38)32-21(14-18-9-11-19(34)12-10-18)25(36)31-20(13-17-7-5-4-6-8-17)26(37)33-22(28(39)40)15-23(29)35/h4-12,16,20-22,24,34H,3,13-15,30H2,1-2H3,(H2,29,35)(H,31,36)(H,32,38)(H,33,37)(H,39,40). The van der Waals surface area contributed by atoms with E-state index in [0.29, 0.717) is 17.5 Å². The SMILES string of the molecule is CCC(C)C(N)C(=O)NC(Cc1ccc(O)cc1)C(=O)NC(Cc1ccccc1)C(=O)NC(CC(N)=O)C(=O)O. The van der Waals surface area contributed by atoms with Crippen molar-refractivity contribution in [2.24, 2.45) is 17.4 Å². The van der Waals surface area contributed by atoms with Crippen molar-refractivity contribution in [3.63, 3.8) is 0 Å². The third-order valence-electron chi connectivity index (χ3n) is 6.50. The predicted molar refractivity (Wildman–Crippen MR) is 147 cm³/mol. The van der Waals surface area contributed by atoms with Crippen molar-refractivity contribution >= 4 is 29.6 Å². The quantitative estimate of drug-likeness (QED) is 0.158. The van der Waals surface area contributed by atoms with Gasteiger partial charge in [0.05, 0.1) is 12.5 Å². The minimum Gasteiger partial charge on any atom is -0.508 e. The fraction of sp³-hybridized carbons (Fsp3) is 0.393. The average molecular weight is 556 g/mol. The summed E-state index contributed by atoms with van der Waals surface area (Å²) < 4.78 is 0. The van der Waals surface area contributed by atoms with E-state index < -0.39 is 60.2 Å². The Bertz CT molecular complexity index is 1170. The van der Waals surface area contributed by atoms with Gasteiger partial charge in [0.1, 0.15) is 23.9 Å². The lowest BCUT2D eigenvalue weighted by Gasteiger charge is -2.26. The number of aromatic hydroxyl groups is 1. The maximum atomic E-state index is 13.5. The van der Waals surface area contributed by atoms with Crippen LogP contribution in [0.2, 0.25) is 0 Å². The molecular weight excluding hydrogens is 518 g/mol. The average Bonchev–Trinajstić information content (AvgIpc) is 2.92. The second-order valence-electron chi connectivity index (χ2n) is 9.66. The van der Waals surface area contributed by atoms with E-state index in [4.69, 9.17) is 11.5 Å². The van der Waals surface area contributed by atoms with Crippen LogP contribution in [0.15, 0.2) is 54.6 Å². The van der Waals surface area contributed by atoms with Gasteiger partial charge in [0.2, 0.25) is 23.6 Å². The highest BCUT2D eigenvalue weighted by Crippen LogP contribution is 2.13. The number of nitrogens with two attached hydrogens (primary N) is 2. The van der Waals surface area contributed by atoms with Crippen molar-refractivity contribution < 1.29 is 34.2 Å². The number of primary amides is 1. The second kappa shape index (κ2) is 15.2. The first-order chi connectivity index (χ1) is 18.9. The van der Waals surface area contributed by atoms with Crippen molar-refractivity contribution in [3.05, 3.63) is 65.7 Å². The number of hydrogen-bond acceptors (Lipinski definition) is 7. The first-order valence-corrected chi connectivity index (χ1v) is 12.9. The van der Waals surface area contributed by atoms with E-state index in [1.54, 1.807) is 42.5 Å². The number of carbonyl (C=O) groups is 5. The fourth-order valence-corrected chi connectivity index (χ4v) is 3.86. The monoisotopic (exact) mass is 555 g/mol. The smallest absolute Gasteiger partial charge is 0.326 e. The highest BCUT2D eigenvalue weighted by Gasteiger charge is 2.32. The Morgan fingerprint density at radius 2 is 1.25 bits per heavy atom. The summed E-state index contributed by atoms with van der Waals surface area (Å²) in [4.78, 5) is 62.5. The number of aliphatic carboxylic acids is 1. The summed E-state index contributed by atoms with van der Waals surface area (Å²) in [5.74, 6) is -4.64. The van der Waals surface area contributed by atoms with Gasteiger partial charge in [-0.25, -0.2) is 4.79 Å². The topological polar surface area (TPSA) is 214 Å². The summed E-state index contributed by atoms with van der Waals surface area (Å²) in [6.45, 7) is 3.69. The zero-order chi connectivity index (χ0) is 29.8. The molecule has 0 saturated carbocycles. The zero-order valence-corrected chi connectivity index (χ0v) is 22.5. The number of benzene rings is 2. The number of phenolic OH excluding ortho intramolecular Hbond substituents is 1. The van der Waals surface area contributed by atoms with Gasteiger partial charge in [-0.1, -0.05) is 62.7 Å². The Labute approximate surface area is 232 Å². The molecule has 12 heteroatoms. The molecule has 0 aliphatic carbocycles. The molecule has 9 N–H and O–H groups in total. The first kappa shape index (κ1) is 31.8. The van der Waals surface area contributed by atoms with Gasteiger partial charge in [-0.2, -0.15) is 0 Å². The zero-order valence-electron chi connectivity index (χ0n) is 22.5. The molecule has 2 aromatic rings. The van der Waals surface area contributed by atoms with Crippen LogP contribution >= 0.6 is 0 Å². The molecule has 5 unspecified atom stereocenters. The Balaban J connectivity index is 2.34. The Morgan fingerprint density at radius 1 is 0.775 bits per heavy atom. The van der Waals surface area contributed by atoms with Crippen molar-refractivity contribution in [2.45, 2.75) is 63.7 Å². The van der Waals surface area contributed by atoms with Gasteiger partial charge in [0.15, 0.2) is 0 Å². The van der Waals surface area contributed by atoms with Crippen molar-refractivity contribution in [2.75, 3.05) is 0 Å². The summed E-state index contributed by atoms with van der Waals surface area (Å²) in [6.07, 6.45) is 0.0106. The van der Waals surface area contributed by atoms with Crippen molar-refractivity contribution in [1.29, 1.82) is 0 Å². The van der Waals surface area contributed by atoms with Gasteiger partial charge < -0.3 is 37.6 Å². The third kappa shape index (κ3) is 10.0. The van der Waals surface area contributed by atoms with E-state index in [1.807, 2.05) is 13.8 Å². The largest absolute Gasteiger partial charge is 0.508 e. The molecule has 0 heterocycles. The highest BCUT2D eigenvalue weighted by atomic mass is 16.4. The van der Waals surface area contributed by atoms with E-state index >= 15 is 0 Å². The molecule has 0 aliphatic heterocycles. The number of carboxylic acid groups (broad SMARTS) is 1. The highest BCUT2D eigenvalue weighted by molar-refractivity contribution is 5.95. The maximum Gasteiger partial charge on any atom is 0.326 e. The molecule has 0 aromatic heterocycles. The van der Waals surface area contributed by atoms with Crippen LogP contribution in [-0.4, -0.2) is 64.0 Å². The van der Waals surface area contributed by atoms with E-state index in [2.05, 4.69) is 16.0 Å². The van der Waals surface area contributed by atoms with Gasteiger partial charge in [-0.3, -0.25) is 19.2 Å². The summed E-state index contributed by atoms with van der Waals surface area (Å²) in [5.41, 5.74) is 12.5. The number of hydrogen-bond donors (Lipinski definition) is 7. The van der Waals surface area contributed by atoms with E-state index in [0.717, 1.165) is 0 Å². The predicted octanol–water partition coefficient (Wildman–Crippen LogP) is -0.0348. The molecule has 0 fully saturated rings. The van der Waals surface area contributed by atoms with Crippen LogP contribution in [0.5, 0.6) is 5.75 Å². The molecule has 0 saturated heterocycles. The lowest BCUT2D eigenvalue weighted by Crippen LogP contribution is -2.58. The van der Waals surface area contributed by atoms with Crippen LogP contribution in [0, 0.1) is 5.92 Å². The molecule has 2 rings (SSSR count). The lowest BCUT2D eigenvalue weighted by molar-refractivity contribution is -0.143. The van der Waals surface area contributed by atoms with Crippen LogP contribution in [0.25, 0.3) is 0 Å². The summed E-state index contributed by atoms with van der Waals surface area (Å²) in [6, 6.07) is 9.87. The molecular formula is C28H37N5O7. The molecule has 2 aromatic carbocycles. The van der Waals surface area contributed by atoms with Crippen molar-refractivity contribution in [1.82, 2.24) is 16.0 Å². The van der Waals surface area contributed by atoms with Crippen LogP contribution in [0.1, 0.15) is 37.8 Å². The molecule has 40 heavy (non-hydrogen) atoms. The third-order valence-corrected chi connectivity index (χ3v) is 6.50. The molecule has 0 bridgehead atoms. The van der Waals surface area contributed by atoms with Gasteiger partial charge in [0.25, 0.3) is 0 Å². The number of carboxylic acids is 1. The summed E-state index contributed by atoms with van der Waals surface area (Å²) >= 11 is 0. The fourth-order valence-electron chi connectivity index (χ4n) is 3.86. The minimum absolute atomic E-state index is 0.00637. The van der Waals surface area contributed by atoms with Crippen LogP contribution in [0.4, 0.5) is 0 Å². The second-order valence-corrected chi connectivity index (χ2v) is 9.66. The first-order valence-electron chi connectivity index (χ1n) is 12.9. The van der Waals surface area contributed by atoms with Crippen LogP contribution < -0.4 is 27.4 Å². The number of phenols is 1. The van der Waals surface area contributed by atoms with Gasteiger partial charge in [-0.15, -0.1) is 0 Å². The van der Waals surface area contributed by atoms with E-state index in [-0.39, 0.29) is 24.5 Å². The normalized spacial score (nSPS) is 14.6. The number of amides is 4. The molecule has 0 radical (unpaired) electrons. The Morgan fingerprint density at radius 3 is 1.73 bits per heavy atom. The molecule has 4 amide bonds. The molecule has 5 atom stereocenters. The molecule has 216 valence electrons. The Hall–Kier alpha value is -4.45. The number of nitrogens with one attached hydrogen (secondary N) is 3. The molecule has 0 aliphatic rings. The maximum absolute atomic E-state index is 13.5. The number of rotatable bonds is 15. The van der Waals surface area contributed by atoms with E-state index in [1.165, 1.54) is 12.1 Å². The Kier molecular flexibility index (Phi) is 12.1. The summed E-state index contributed by atoms with van der Waals surface area (Å²) in [5, 5.41) is 26.6. The van der Waals surface area contributed by atoms with Crippen LogP contribution in [-0.2, 0) is 36.8 Å². The van der Waals surface area contributed by atoms with Crippen LogP contribution in [0.3, 0.4) is 0 Å². The molecule has 12 nitrogen and oxygen atoms in total. The van der Waals surface area contributed by atoms with Gasteiger partial charge in [-0.05, 0) is 29.2 Å². The summed E-state index contributed by atoms with van der Waals surface area (Å²) in [7, 11) is 0.